The van der Waals surface area contributed by atoms with Crippen molar-refractivity contribution in [2.75, 3.05) is 13.1 Å². The third-order valence-corrected chi connectivity index (χ3v) is 4.01. The zero-order valence-electron chi connectivity index (χ0n) is 10.3. The lowest BCUT2D eigenvalue weighted by atomic mass is 10.0. The van der Waals surface area contributed by atoms with E-state index in [-0.39, 0.29) is 5.82 Å². The summed E-state index contributed by atoms with van der Waals surface area (Å²) in [5.74, 6) is 0.714. The molecule has 0 radical (unpaired) electrons. The van der Waals surface area contributed by atoms with Crippen LogP contribution in [-0.2, 0) is 6.54 Å². The molecule has 1 atom stereocenters. The third kappa shape index (κ3) is 3.78. The number of halogens is 2. The van der Waals surface area contributed by atoms with Gasteiger partial charge < -0.3 is 0 Å². The van der Waals surface area contributed by atoms with E-state index in [0.717, 1.165) is 35.6 Å². The van der Waals surface area contributed by atoms with Gasteiger partial charge >= 0.3 is 0 Å². The highest BCUT2D eigenvalue weighted by atomic mass is 79.9. The predicted octanol–water partition coefficient (Wildman–Crippen LogP) is 4.21. The average molecular weight is 300 g/mol. The van der Waals surface area contributed by atoms with Crippen molar-refractivity contribution in [1.29, 1.82) is 0 Å². The lowest BCUT2D eigenvalue weighted by molar-refractivity contribution is 0.270. The fourth-order valence-corrected chi connectivity index (χ4v) is 2.70. The Hall–Kier alpha value is -0.410. The van der Waals surface area contributed by atoms with E-state index >= 15 is 0 Å². The quantitative estimate of drug-likeness (QED) is 0.791. The molecule has 1 aromatic carbocycles. The van der Waals surface area contributed by atoms with Crippen LogP contribution in [0.25, 0.3) is 0 Å². The molecule has 1 aliphatic heterocycles. The van der Waals surface area contributed by atoms with Crippen molar-refractivity contribution in [1.82, 2.24) is 4.90 Å². The van der Waals surface area contributed by atoms with Crippen molar-refractivity contribution >= 4 is 15.9 Å². The molecule has 0 aliphatic carbocycles. The first-order chi connectivity index (χ1) is 8.15. The number of benzene rings is 1. The van der Waals surface area contributed by atoms with Gasteiger partial charge in [0.1, 0.15) is 5.82 Å². The van der Waals surface area contributed by atoms with Crippen LogP contribution in [0.1, 0.15) is 31.7 Å². The fraction of sp³-hybridized carbons (Fsp3) is 0.571. The Kier molecular flexibility index (Phi) is 4.57. The maximum atomic E-state index is 13.7. The second kappa shape index (κ2) is 5.96. The van der Waals surface area contributed by atoms with E-state index in [1.165, 1.54) is 19.3 Å². The Labute approximate surface area is 111 Å². The molecule has 1 aliphatic rings. The highest BCUT2D eigenvalue weighted by Crippen LogP contribution is 2.20. The normalized spacial score (nSPS) is 22.4. The molecule has 1 unspecified atom stereocenters. The van der Waals surface area contributed by atoms with Gasteiger partial charge in [0.25, 0.3) is 0 Å². The second-order valence-electron chi connectivity index (χ2n) is 5.05. The van der Waals surface area contributed by atoms with Crippen LogP contribution in [0.2, 0.25) is 0 Å². The molecule has 0 aromatic heterocycles. The summed E-state index contributed by atoms with van der Waals surface area (Å²) in [5, 5.41) is 0. The summed E-state index contributed by atoms with van der Waals surface area (Å²) in [6.07, 6.45) is 3.77. The van der Waals surface area contributed by atoms with Crippen LogP contribution in [0.3, 0.4) is 0 Å². The molecule has 1 nitrogen and oxygen atoms in total. The molecule has 0 spiro atoms. The zero-order chi connectivity index (χ0) is 12.3. The number of likely N-dealkylation sites (tertiary alicyclic amines) is 1. The van der Waals surface area contributed by atoms with Crippen LogP contribution in [0.15, 0.2) is 22.7 Å². The van der Waals surface area contributed by atoms with Gasteiger partial charge in [-0.1, -0.05) is 28.9 Å². The SMILES string of the molecule is CC1CCCN(Cc2ccc(Br)cc2F)CC1. The first-order valence-corrected chi connectivity index (χ1v) is 7.11. The summed E-state index contributed by atoms with van der Waals surface area (Å²) < 4.78 is 14.5. The molecule has 0 saturated carbocycles. The minimum absolute atomic E-state index is 0.100. The standard InChI is InChI=1S/C14H19BrFN/c1-11-3-2-7-17(8-6-11)10-12-4-5-13(15)9-14(12)16/h4-5,9,11H,2-3,6-8,10H2,1H3. The van der Waals surface area contributed by atoms with Crippen molar-refractivity contribution in [3.8, 4) is 0 Å². The van der Waals surface area contributed by atoms with Crippen LogP contribution in [0, 0.1) is 11.7 Å². The molecule has 1 heterocycles. The zero-order valence-corrected chi connectivity index (χ0v) is 11.8. The fourth-order valence-electron chi connectivity index (χ4n) is 2.37. The summed E-state index contributed by atoms with van der Waals surface area (Å²) in [6, 6.07) is 5.35. The minimum Gasteiger partial charge on any atom is -0.299 e. The Morgan fingerprint density at radius 1 is 1.35 bits per heavy atom. The Morgan fingerprint density at radius 3 is 2.94 bits per heavy atom. The first-order valence-electron chi connectivity index (χ1n) is 6.31. The minimum atomic E-state index is -0.100. The lowest BCUT2D eigenvalue weighted by Crippen LogP contribution is -2.24. The number of hydrogen-bond acceptors (Lipinski definition) is 1. The molecule has 1 aromatic rings. The molecule has 3 heteroatoms. The Morgan fingerprint density at radius 2 is 2.18 bits per heavy atom. The summed E-state index contributed by atoms with van der Waals surface area (Å²) >= 11 is 3.29. The van der Waals surface area contributed by atoms with Crippen molar-refractivity contribution in [3.63, 3.8) is 0 Å². The van der Waals surface area contributed by atoms with Gasteiger partial charge in [-0.25, -0.2) is 4.39 Å². The third-order valence-electron chi connectivity index (χ3n) is 3.52. The monoisotopic (exact) mass is 299 g/mol. The van der Waals surface area contributed by atoms with Gasteiger partial charge in [0.15, 0.2) is 0 Å². The van der Waals surface area contributed by atoms with E-state index < -0.39 is 0 Å². The van der Waals surface area contributed by atoms with Crippen LogP contribution in [0.4, 0.5) is 4.39 Å². The molecule has 17 heavy (non-hydrogen) atoms. The van der Waals surface area contributed by atoms with Crippen molar-refractivity contribution in [2.24, 2.45) is 5.92 Å². The van der Waals surface area contributed by atoms with Crippen LogP contribution >= 0.6 is 15.9 Å². The van der Waals surface area contributed by atoms with E-state index in [2.05, 4.69) is 27.8 Å². The van der Waals surface area contributed by atoms with Gasteiger partial charge in [-0.3, -0.25) is 4.90 Å². The summed E-state index contributed by atoms with van der Waals surface area (Å²) in [6.45, 7) is 5.24. The highest BCUT2D eigenvalue weighted by Gasteiger charge is 2.15. The van der Waals surface area contributed by atoms with Gasteiger partial charge in [0.05, 0.1) is 0 Å². The van der Waals surface area contributed by atoms with Gasteiger partial charge in [-0.05, 0) is 50.4 Å². The van der Waals surface area contributed by atoms with E-state index in [1.54, 1.807) is 6.07 Å². The number of nitrogens with zero attached hydrogens (tertiary/aromatic N) is 1. The molecule has 0 amide bonds. The molecule has 1 fully saturated rings. The Bertz CT molecular complexity index is 380. The maximum absolute atomic E-state index is 13.7. The van der Waals surface area contributed by atoms with Crippen molar-refractivity contribution in [2.45, 2.75) is 32.7 Å². The smallest absolute Gasteiger partial charge is 0.128 e. The van der Waals surface area contributed by atoms with Gasteiger partial charge in [-0.2, -0.15) is 0 Å². The summed E-state index contributed by atoms with van der Waals surface area (Å²) in [7, 11) is 0. The molecule has 1 saturated heterocycles. The molecule has 94 valence electrons. The van der Waals surface area contributed by atoms with Crippen molar-refractivity contribution in [3.05, 3.63) is 34.1 Å². The second-order valence-corrected chi connectivity index (χ2v) is 5.96. The largest absolute Gasteiger partial charge is 0.299 e. The van der Waals surface area contributed by atoms with Gasteiger partial charge in [0, 0.05) is 16.6 Å². The van der Waals surface area contributed by atoms with Crippen LogP contribution < -0.4 is 0 Å². The molecule has 0 bridgehead atoms. The topological polar surface area (TPSA) is 3.24 Å². The summed E-state index contributed by atoms with van der Waals surface area (Å²) in [4.78, 5) is 2.37. The molecular weight excluding hydrogens is 281 g/mol. The molecule has 2 rings (SSSR count). The van der Waals surface area contributed by atoms with Crippen LogP contribution in [-0.4, -0.2) is 18.0 Å². The van der Waals surface area contributed by atoms with Crippen LogP contribution in [0.5, 0.6) is 0 Å². The first kappa shape index (κ1) is 13.0. The molecular formula is C14H19BrFN. The van der Waals surface area contributed by atoms with E-state index in [1.807, 2.05) is 12.1 Å². The highest BCUT2D eigenvalue weighted by molar-refractivity contribution is 9.10. The Balaban J connectivity index is 2.00. The van der Waals surface area contributed by atoms with Gasteiger partial charge in [-0.15, -0.1) is 0 Å². The van der Waals surface area contributed by atoms with E-state index in [4.69, 9.17) is 0 Å². The van der Waals surface area contributed by atoms with E-state index in [9.17, 15) is 4.39 Å². The maximum Gasteiger partial charge on any atom is 0.128 e. The van der Waals surface area contributed by atoms with E-state index in [0.29, 0.717) is 0 Å². The number of hydrogen-bond donors (Lipinski definition) is 0. The number of rotatable bonds is 2. The van der Waals surface area contributed by atoms with Crippen molar-refractivity contribution < 1.29 is 4.39 Å². The summed E-state index contributed by atoms with van der Waals surface area (Å²) in [5.41, 5.74) is 0.808. The lowest BCUT2D eigenvalue weighted by Gasteiger charge is -2.20. The predicted molar refractivity (Wildman–Crippen MR) is 72.4 cm³/mol. The van der Waals surface area contributed by atoms with Gasteiger partial charge in [0.2, 0.25) is 0 Å². The molecule has 0 N–H and O–H groups in total. The average Bonchev–Trinajstić information content (AvgIpc) is 2.48.